The van der Waals surface area contributed by atoms with E-state index in [0.717, 1.165) is 18.6 Å². The van der Waals surface area contributed by atoms with Gasteiger partial charge in [-0.2, -0.15) is 0 Å². The van der Waals surface area contributed by atoms with Gasteiger partial charge in [0, 0.05) is 31.2 Å². The van der Waals surface area contributed by atoms with Crippen molar-refractivity contribution in [1.82, 2.24) is 4.98 Å². The number of esters is 1. The molecule has 0 saturated carbocycles. The molecule has 0 aliphatic rings. The maximum Gasteiger partial charge on any atom is 0.305 e. The number of hydrogen-bond acceptors (Lipinski definition) is 8. The summed E-state index contributed by atoms with van der Waals surface area (Å²) in [6.45, 7) is 10.7. The van der Waals surface area contributed by atoms with Crippen LogP contribution in [0.1, 0.15) is 63.5 Å². The summed E-state index contributed by atoms with van der Waals surface area (Å²) in [5.41, 5.74) is 5.52. The fourth-order valence-corrected chi connectivity index (χ4v) is 3.62. The van der Waals surface area contributed by atoms with Crippen LogP contribution in [0.4, 0.5) is 0 Å². The minimum absolute atomic E-state index is 0.0629. The summed E-state index contributed by atoms with van der Waals surface area (Å²) in [6.07, 6.45) is 3.24. The molecule has 1 amide bonds. The molecule has 1 heterocycles. The van der Waals surface area contributed by atoms with E-state index in [-0.39, 0.29) is 40.8 Å². The molecule has 2 atom stereocenters. The van der Waals surface area contributed by atoms with Gasteiger partial charge in [0.1, 0.15) is 11.9 Å². The molecule has 2 rings (SSSR count). The second-order valence-corrected chi connectivity index (χ2v) is 8.73. The van der Waals surface area contributed by atoms with Crippen molar-refractivity contribution in [3.8, 4) is 17.2 Å². The molecule has 9 heteroatoms. The molecular formula is C27H40N2O7. The van der Waals surface area contributed by atoms with E-state index in [1.54, 1.807) is 7.11 Å². The molecule has 2 unspecified atom stereocenters. The smallest absolute Gasteiger partial charge is 0.305 e. The van der Waals surface area contributed by atoms with E-state index in [1.165, 1.54) is 24.9 Å². The van der Waals surface area contributed by atoms with Crippen molar-refractivity contribution < 1.29 is 33.6 Å². The summed E-state index contributed by atoms with van der Waals surface area (Å²) < 4.78 is 21.6. The van der Waals surface area contributed by atoms with Crippen LogP contribution in [-0.4, -0.2) is 54.5 Å². The number of ether oxygens (including phenoxy) is 4. The van der Waals surface area contributed by atoms with Crippen molar-refractivity contribution in [2.45, 2.75) is 65.6 Å². The number of nitrogens with two attached hydrogens (primary N) is 1. The van der Waals surface area contributed by atoms with Gasteiger partial charge in [0.2, 0.25) is 0 Å². The van der Waals surface area contributed by atoms with Gasteiger partial charge in [-0.15, -0.1) is 0 Å². The quantitative estimate of drug-likeness (QED) is 0.409. The Kier molecular flexibility index (Phi) is 12.7. The van der Waals surface area contributed by atoms with E-state index in [9.17, 15) is 14.7 Å². The number of carbonyl (C=O) groups is 2. The summed E-state index contributed by atoms with van der Waals surface area (Å²) in [5.74, 6) is -0.207. The molecular weight excluding hydrogens is 464 g/mol. The van der Waals surface area contributed by atoms with Crippen LogP contribution in [0.5, 0.6) is 17.2 Å². The zero-order valence-electron chi connectivity index (χ0n) is 22.4. The number of carbonyl (C=O) groups excluding carboxylic acids is 2. The first-order valence-corrected chi connectivity index (χ1v) is 12.0. The average Bonchev–Trinajstić information content (AvgIpc) is 2.86. The Balaban J connectivity index is 0.000000450. The van der Waals surface area contributed by atoms with E-state index in [1.807, 2.05) is 26.0 Å². The molecule has 0 aliphatic heterocycles. The van der Waals surface area contributed by atoms with E-state index >= 15 is 0 Å². The second-order valence-electron chi connectivity index (χ2n) is 8.73. The molecule has 36 heavy (non-hydrogen) atoms. The largest absolute Gasteiger partial charge is 0.503 e. The number of primary amides is 1. The van der Waals surface area contributed by atoms with Crippen LogP contribution in [0.3, 0.4) is 0 Å². The van der Waals surface area contributed by atoms with Crippen LogP contribution in [0.15, 0.2) is 36.5 Å². The summed E-state index contributed by atoms with van der Waals surface area (Å²) in [6, 6.07) is 9.44. The first kappa shape index (κ1) is 30.7. The zero-order valence-corrected chi connectivity index (χ0v) is 22.4. The molecule has 0 spiro atoms. The van der Waals surface area contributed by atoms with Gasteiger partial charge >= 0.3 is 5.97 Å². The number of aromatic nitrogens is 1. The molecule has 2 aromatic rings. The third-order valence-corrected chi connectivity index (χ3v) is 5.70. The van der Waals surface area contributed by atoms with Crippen molar-refractivity contribution in [1.29, 1.82) is 0 Å². The highest BCUT2D eigenvalue weighted by Gasteiger charge is 2.36. The third kappa shape index (κ3) is 9.37. The lowest BCUT2D eigenvalue weighted by atomic mass is 9.81. The Hall–Kier alpha value is -3.33. The number of amides is 1. The monoisotopic (exact) mass is 504 g/mol. The highest BCUT2D eigenvalue weighted by molar-refractivity contribution is 5.94. The van der Waals surface area contributed by atoms with Crippen molar-refractivity contribution in [3.05, 3.63) is 47.8 Å². The molecule has 3 N–H and O–H groups in total. The summed E-state index contributed by atoms with van der Waals surface area (Å²) in [7, 11) is 3.03. The maximum atomic E-state index is 11.7. The predicted octanol–water partition coefficient (Wildman–Crippen LogP) is 4.30. The maximum absolute atomic E-state index is 11.7. The Morgan fingerprint density at radius 1 is 1.08 bits per heavy atom. The van der Waals surface area contributed by atoms with Gasteiger partial charge in [0.15, 0.2) is 17.2 Å². The molecule has 1 aromatic heterocycles. The molecule has 9 nitrogen and oxygen atoms in total. The SMILES string of the molecule is CCCOC(C)(C)C(Cc1ccc(OC)cc1)C(C)OC(=O)CC.COc1ccnc(C(N)=O)c1O. The highest BCUT2D eigenvalue weighted by atomic mass is 16.5. The van der Waals surface area contributed by atoms with Crippen LogP contribution in [-0.2, 0) is 20.7 Å². The Morgan fingerprint density at radius 3 is 2.22 bits per heavy atom. The molecule has 0 saturated heterocycles. The van der Waals surface area contributed by atoms with E-state index in [4.69, 9.17) is 24.7 Å². The first-order chi connectivity index (χ1) is 17.0. The van der Waals surface area contributed by atoms with Gasteiger partial charge in [0.05, 0.1) is 19.8 Å². The standard InChI is InChI=1S/C20H32O4.C7H8N2O3/c1-7-13-23-20(4,5)18(15(3)24-19(21)8-2)14-16-9-11-17(22-6)12-10-16;1-12-4-2-3-9-5(6(4)10)7(8)11/h9-12,15,18H,7-8,13-14H2,1-6H3;2-3,10H,1H3,(H2,8,11). The topological polar surface area (TPSA) is 130 Å². The fraction of sp³-hybridized carbons (Fsp3) is 0.519. The average molecular weight is 505 g/mol. The predicted molar refractivity (Wildman–Crippen MR) is 137 cm³/mol. The minimum Gasteiger partial charge on any atom is -0.503 e. The third-order valence-electron chi connectivity index (χ3n) is 5.70. The molecule has 0 bridgehead atoms. The van der Waals surface area contributed by atoms with Crippen LogP contribution in [0.2, 0.25) is 0 Å². The second kappa shape index (κ2) is 14.9. The number of rotatable bonds is 12. The van der Waals surface area contributed by atoms with Gasteiger partial charge < -0.3 is 29.8 Å². The number of nitrogens with zero attached hydrogens (tertiary/aromatic N) is 1. The van der Waals surface area contributed by atoms with Crippen molar-refractivity contribution >= 4 is 11.9 Å². The van der Waals surface area contributed by atoms with E-state index in [0.29, 0.717) is 13.0 Å². The van der Waals surface area contributed by atoms with Crippen molar-refractivity contribution in [2.24, 2.45) is 11.7 Å². The fourth-order valence-electron chi connectivity index (χ4n) is 3.62. The van der Waals surface area contributed by atoms with Gasteiger partial charge in [0.25, 0.3) is 5.91 Å². The lowest BCUT2D eigenvalue weighted by Gasteiger charge is -2.38. The first-order valence-electron chi connectivity index (χ1n) is 12.0. The zero-order chi connectivity index (χ0) is 27.3. The van der Waals surface area contributed by atoms with Crippen molar-refractivity contribution in [3.63, 3.8) is 0 Å². The van der Waals surface area contributed by atoms with Gasteiger partial charge in [-0.05, 0) is 51.3 Å². The molecule has 200 valence electrons. The van der Waals surface area contributed by atoms with Crippen LogP contribution >= 0.6 is 0 Å². The van der Waals surface area contributed by atoms with E-state index < -0.39 is 5.91 Å². The number of aromatic hydroxyl groups is 1. The van der Waals surface area contributed by atoms with Crippen LogP contribution in [0, 0.1) is 5.92 Å². The normalized spacial score (nSPS) is 12.5. The Labute approximate surface area is 213 Å². The number of pyridine rings is 1. The summed E-state index contributed by atoms with van der Waals surface area (Å²) in [4.78, 5) is 25.9. The highest BCUT2D eigenvalue weighted by Crippen LogP contribution is 2.31. The van der Waals surface area contributed by atoms with E-state index in [2.05, 4.69) is 37.9 Å². The lowest BCUT2D eigenvalue weighted by molar-refractivity contribution is -0.159. The molecule has 1 aromatic carbocycles. The molecule has 0 fully saturated rings. The van der Waals surface area contributed by atoms with Crippen molar-refractivity contribution in [2.75, 3.05) is 20.8 Å². The molecule has 0 radical (unpaired) electrons. The number of methoxy groups -OCH3 is 2. The lowest BCUT2D eigenvalue weighted by Crippen LogP contribution is -2.44. The van der Waals surface area contributed by atoms with Gasteiger partial charge in [-0.3, -0.25) is 9.59 Å². The molecule has 0 aliphatic carbocycles. The summed E-state index contributed by atoms with van der Waals surface area (Å²) in [5, 5.41) is 9.27. The number of hydrogen-bond donors (Lipinski definition) is 2. The summed E-state index contributed by atoms with van der Waals surface area (Å²) >= 11 is 0. The Bertz CT molecular complexity index is 961. The van der Waals surface area contributed by atoms with Crippen LogP contribution in [0.25, 0.3) is 0 Å². The minimum atomic E-state index is -0.786. The van der Waals surface area contributed by atoms with Gasteiger partial charge in [-0.1, -0.05) is 26.0 Å². The Morgan fingerprint density at radius 2 is 1.72 bits per heavy atom. The number of benzene rings is 1. The van der Waals surface area contributed by atoms with Gasteiger partial charge in [-0.25, -0.2) is 4.98 Å². The van der Waals surface area contributed by atoms with Crippen LogP contribution < -0.4 is 15.2 Å².